The molecule has 41 heavy (non-hydrogen) atoms. The number of hydrogen-bond donors (Lipinski definition) is 2. The first-order valence-electron chi connectivity index (χ1n) is 13.6. The number of fused-ring (bicyclic) bond motifs is 1. The van der Waals surface area contributed by atoms with Crippen molar-refractivity contribution in [3.05, 3.63) is 77.6 Å². The van der Waals surface area contributed by atoms with Crippen LogP contribution < -0.4 is 15.5 Å². The molecule has 10 nitrogen and oxygen atoms in total. The number of ether oxygens (including phenoxy) is 1. The fraction of sp³-hybridized carbons (Fsp3) is 0.333. The van der Waals surface area contributed by atoms with Crippen LogP contribution in [0.15, 0.2) is 65.7 Å². The molecule has 0 aliphatic carbocycles. The predicted molar refractivity (Wildman–Crippen MR) is 157 cm³/mol. The van der Waals surface area contributed by atoms with E-state index in [0.717, 1.165) is 73.6 Å². The van der Waals surface area contributed by atoms with Gasteiger partial charge in [0.15, 0.2) is 9.84 Å². The molecule has 2 aliphatic rings. The zero-order valence-corrected chi connectivity index (χ0v) is 23.9. The molecule has 5 heterocycles. The van der Waals surface area contributed by atoms with Gasteiger partial charge in [0.25, 0.3) is 5.91 Å². The summed E-state index contributed by atoms with van der Waals surface area (Å²) in [6, 6.07) is 16.4. The van der Waals surface area contributed by atoms with Gasteiger partial charge in [-0.1, -0.05) is 12.1 Å². The average molecular weight is 573 g/mol. The summed E-state index contributed by atoms with van der Waals surface area (Å²) in [4.78, 5) is 29.4. The van der Waals surface area contributed by atoms with E-state index >= 15 is 0 Å². The third-order valence-corrected chi connectivity index (χ3v) is 8.92. The lowest BCUT2D eigenvalue weighted by molar-refractivity contribution is -0.0496. The molecule has 212 valence electrons. The number of nitrogens with zero attached hydrogens (tertiary/aromatic N) is 4. The van der Waals surface area contributed by atoms with Gasteiger partial charge in [-0.2, -0.15) is 0 Å². The number of pyridine rings is 3. The number of nitrogens with one attached hydrogen (secondary N) is 2. The highest BCUT2D eigenvalue weighted by Crippen LogP contribution is 2.31. The lowest BCUT2D eigenvalue weighted by Crippen LogP contribution is -2.51. The molecule has 11 heteroatoms. The maximum atomic E-state index is 12.8. The van der Waals surface area contributed by atoms with E-state index in [4.69, 9.17) is 14.7 Å². The van der Waals surface area contributed by atoms with E-state index in [0.29, 0.717) is 11.3 Å². The van der Waals surface area contributed by atoms with Gasteiger partial charge in [-0.15, -0.1) is 0 Å². The Morgan fingerprint density at radius 2 is 1.98 bits per heavy atom. The summed E-state index contributed by atoms with van der Waals surface area (Å²) in [7, 11) is -3.44. The highest BCUT2D eigenvalue weighted by molar-refractivity contribution is 7.90. The first-order chi connectivity index (χ1) is 19.7. The van der Waals surface area contributed by atoms with E-state index in [2.05, 4.69) is 20.5 Å². The molecule has 4 aromatic rings. The van der Waals surface area contributed by atoms with Gasteiger partial charge in [0.05, 0.1) is 46.2 Å². The van der Waals surface area contributed by atoms with Crippen molar-refractivity contribution < 1.29 is 17.9 Å². The molecule has 1 atom stereocenters. The molecule has 2 aliphatic heterocycles. The van der Waals surface area contributed by atoms with Crippen LogP contribution in [-0.4, -0.2) is 73.9 Å². The van der Waals surface area contributed by atoms with Gasteiger partial charge in [-0.05, 0) is 61.4 Å². The second-order valence-electron chi connectivity index (χ2n) is 10.8. The molecule has 0 bridgehead atoms. The smallest absolute Gasteiger partial charge is 0.251 e. The van der Waals surface area contributed by atoms with Crippen molar-refractivity contribution in [3.63, 3.8) is 0 Å². The van der Waals surface area contributed by atoms with E-state index < -0.39 is 9.84 Å². The lowest BCUT2D eigenvalue weighted by Gasteiger charge is -2.34. The molecule has 0 saturated carbocycles. The molecular weight excluding hydrogens is 540 g/mol. The average Bonchev–Trinajstić information content (AvgIpc) is 3.38. The molecule has 6 rings (SSSR count). The van der Waals surface area contributed by atoms with Gasteiger partial charge < -0.3 is 20.3 Å². The van der Waals surface area contributed by atoms with Gasteiger partial charge in [-0.25, -0.2) is 18.4 Å². The SMILES string of the molecule is Cc1ccc(C(=O)NCc2cc3nc(-c4cccc(N5CC[C@@]6(CNCCO6)C5)n4)ccc3cn2)cc1S(C)(=O)=O. The van der Waals surface area contributed by atoms with E-state index in [-0.39, 0.29) is 28.5 Å². The Labute approximate surface area is 239 Å². The minimum atomic E-state index is -3.44. The van der Waals surface area contributed by atoms with Gasteiger partial charge in [0, 0.05) is 49.6 Å². The van der Waals surface area contributed by atoms with Crippen LogP contribution in [0.4, 0.5) is 5.82 Å². The standard InChI is InChI=1S/C30H32N6O4S/c1-20-6-7-21(14-27(20)41(2,38)39)29(37)33-17-23-15-26-22(16-32-23)8-9-25(34-26)24-4-3-5-28(35-24)36-12-10-30(19-36)18-31-11-13-40-30/h3-9,14-16,31H,10-13,17-19H2,1-2H3,(H,33,37)/t30-/m1/s1. The molecule has 2 N–H and O–H groups in total. The lowest BCUT2D eigenvalue weighted by atomic mass is 10.0. The fourth-order valence-corrected chi connectivity index (χ4v) is 6.46. The number of amides is 1. The summed E-state index contributed by atoms with van der Waals surface area (Å²) in [6.45, 7) is 6.06. The number of morpholine rings is 1. The van der Waals surface area contributed by atoms with Crippen LogP contribution in [0, 0.1) is 6.92 Å². The minimum Gasteiger partial charge on any atom is -0.370 e. The number of aromatic nitrogens is 3. The number of benzene rings is 1. The van der Waals surface area contributed by atoms with E-state index in [1.165, 1.54) is 6.07 Å². The van der Waals surface area contributed by atoms with E-state index in [9.17, 15) is 13.2 Å². The van der Waals surface area contributed by atoms with Crippen molar-refractivity contribution in [1.29, 1.82) is 0 Å². The van der Waals surface area contributed by atoms with E-state index in [1.54, 1.807) is 25.3 Å². The first-order valence-corrected chi connectivity index (χ1v) is 15.5. The van der Waals surface area contributed by atoms with Gasteiger partial charge in [0.2, 0.25) is 0 Å². The minimum absolute atomic E-state index is 0.145. The second-order valence-corrected chi connectivity index (χ2v) is 12.7. The highest BCUT2D eigenvalue weighted by atomic mass is 32.2. The van der Waals surface area contributed by atoms with Crippen LogP contribution in [0.5, 0.6) is 0 Å². The second kappa shape index (κ2) is 10.8. The Kier molecular flexibility index (Phi) is 7.18. The highest BCUT2D eigenvalue weighted by Gasteiger charge is 2.40. The number of hydrogen-bond acceptors (Lipinski definition) is 9. The summed E-state index contributed by atoms with van der Waals surface area (Å²) in [5.41, 5.74) is 3.63. The quantitative estimate of drug-likeness (QED) is 0.359. The van der Waals surface area contributed by atoms with Crippen LogP contribution in [0.25, 0.3) is 22.3 Å². The monoisotopic (exact) mass is 572 g/mol. The number of sulfone groups is 1. The summed E-state index contributed by atoms with van der Waals surface area (Å²) in [6.07, 6.45) is 3.83. The van der Waals surface area contributed by atoms with Crippen molar-refractivity contribution in [2.45, 2.75) is 30.4 Å². The van der Waals surface area contributed by atoms with Crippen LogP contribution in [0.1, 0.15) is 28.0 Å². The summed E-state index contributed by atoms with van der Waals surface area (Å²) in [5, 5.41) is 7.15. The Bertz CT molecular complexity index is 1740. The molecular formula is C30H32N6O4S. The Morgan fingerprint density at radius 1 is 1.12 bits per heavy atom. The Hall–Kier alpha value is -3.93. The number of anilines is 1. The van der Waals surface area contributed by atoms with Gasteiger partial charge >= 0.3 is 0 Å². The number of rotatable bonds is 6. The van der Waals surface area contributed by atoms with Crippen LogP contribution in [0.2, 0.25) is 0 Å². The molecule has 1 aromatic carbocycles. The van der Waals surface area contributed by atoms with Crippen LogP contribution in [-0.2, 0) is 21.1 Å². The Balaban J connectivity index is 1.18. The van der Waals surface area contributed by atoms with Crippen LogP contribution >= 0.6 is 0 Å². The predicted octanol–water partition coefficient (Wildman–Crippen LogP) is 2.90. The summed E-state index contributed by atoms with van der Waals surface area (Å²) >= 11 is 0. The third-order valence-electron chi connectivity index (χ3n) is 7.68. The molecule has 2 saturated heterocycles. The van der Waals surface area contributed by atoms with E-state index in [1.807, 2.05) is 36.4 Å². The molecule has 1 amide bonds. The number of carbonyl (C=O) groups is 1. The van der Waals surface area contributed by atoms with Crippen molar-refractivity contribution in [2.75, 3.05) is 43.9 Å². The maximum Gasteiger partial charge on any atom is 0.251 e. The van der Waals surface area contributed by atoms with Crippen molar-refractivity contribution >= 4 is 32.5 Å². The normalized spacial score (nSPS) is 19.1. The van der Waals surface area contributed by atoms with Crippen molar-refractivity contribution in [2.24, 2.45) is 0 Å². The largest absolute Gasteiger partial charge is 0.370 e. The molecule has 0 radical (unpaired) electrons. The topological polar surface area (TPSA) is 126 Å². The van der Waals surface area contributed by atoms with Gasteiger partial charge in [0.1, 0.15) is 5.82 Å². The van der Waals surface area contributed by atoms with Crippen LogP contribution in [0.3, 0.4) is 0 Å². The molecule has 1 spiro atoms. The van der Waals surface area contributed by atoms with Crippen molar-refractivity contribution in [3.8, 4) is 11.4 Å². The maximum absolute atomic E-state index is 12.8. The summed E-state index contributed by atoms with van der Waals surface area (Å²) in [5.74, 6) is 0.529. The number of carbonyl (C=O) groups excluding carboxylic acids is 1. The zero-order chi connectivity index (χ0) is 28.6. The third kappa shape index (κ3) is 5.79. The first kappa shape index (κ1) is 27.3. The fourth-order valence-electron chi connectivity index (χ4n) is 5.46. The van der Waals surface area contributed by atoms with Crippen molar-refractivity contribution in [1.82, 2.24) is 25.6 Å². The number of aryl methyl sites for hydroxylation is 1. The van der Waals surface area contributed by atoms with Gasteiger partial charge in [-0.3, -0.25) is 9.78 Å². The molecule has 0 unspecified atom stereocenters. The Morgan fingerprint density at radius 3 is 2.78 bits per heavy atom. The molecule has 2 fully saturated rings. The molecule has 3 aromatic heterocycles. The zero-order valence-electron chi connectivity index (χ0n) is 23.1. The summed E-state index contributed by atoms with van der Waals surface area (Å²) < 4.78 is 30.2.